The first-order valence-electron chi connectivity index (χ1n) is 6.62. The molecular weight excluding hydrogens is 245 g/mol. The molecule has 2 atom stereocenters. The number of thioether (sulfide) groups is 1. The summed E-state index contributed by atoms with van der Waals surface area (Å²) in [6, 6.07) is 7.42. The van der Waals surface area contributed by atoms with Crippen molar-refractivity contribution in [1.82, 2.24) is 5.32 Å². The SMILES string of the molecule is CNC1C(Sc2cccc(F)c2)CCCC1(C)C. The Balaban J connectivity index is 2.12. The molecule has 1 nitrogen and oxygen atoms in total. The molecule has 0 amide bonds. The van der Waals surface area contributed by atoms with E-state index in [0.717, 1.165) is 4.90 Å². The Morgan fingerprint density at radius 1 is 1.39 bits per heavy atom. The van der Waals surface area contributed by atoms with E-state index in [1.165, 1.54) is 25.3 Å². The minimum Gasteiger partial charge on any atom is -0.315 e. The van der Waals surface area contributed by atoms with E-state index in [1.807, 2.05) is 24.9 Å². The van der Waals surface area contributed by atoms with Gasteiger partial charge in [-0.1, -0.05) is 26.3 Å². The van der Waals surface area contributed by atoms with Gasteiger partial charge in [0, 0.05) is 16.2 Å². The molecule has 100 valence electrons. The molecule has 2 rings (SSSR count). The summed E-state index contributed by atoms with van der Waals surface area (Å²) in [5, 5.41) is 3.99. The molecule has 0 aromatic heterocycles. The molecule has 0 heterocycles. The molecule has 0 aliphatic heterocycles. The van der Waals surface area contributed by atoms with Crippen molar-refractivity contribution in [3.05, 3.63) is 30.1 Å². The van der Waals surface area contributed by atoms with Crippen LogP contribution in [0.5, 0.6) is 0 Å². The monoisotopic (exact) mass is 267 g/mol. The largest absolute Gasteiger partial charge is 0.315 e. The lowest BCUT2D eigenvalue weighted by molar-refractivity contribution is 0.182. The van der Waals surface area contributed by atoms with Crippen LogP contribution in [-0.4, -0.2) is 18.3 Å². The first kappa shape index (κ1) is 13.9. The van der Waals surface area contributed by atoms with Gasteiger partial charge in [0.1, 0.15) is 5.82 Å². The van der Waals surface area contributed by atoms with Crippen molar-refractivity contribution < 1.29 is 4.39 Å². The van der Waals surface area contributed by atoms with Gasteiger partial charge in [-0.2, -0.15) is 0 Å². The summed E-state index contributed by atoms with van der Waals surface area (Å²) in [5.41, 5.74) is 0.317. The molecule has 1 N–H and O–H groups in total. The number of nitrogens with one attached hydrogen (secondary N) is 1. The molecule has 0 saturated heterocycles. The summed E-state index contributed by atoms with van der Waals surface area (Å²) < 4.78 is 13.2. The molecule has 3 heteroatoms. The second kappa shape index (κ2) is 5.62. The minimum atomic E-state index is -0.143. The van der Waals surface area contributed by atoms with Crippen LogP contribution < -0.4 is 5.32 Å². The Labute approximate surface area is 114 Å². The average Bonchev–Trinajstić information content (AvgIpc) is 2.28. The maximum Gasteiger partial charge on any atom is 0.124 e. The quantitative estimate of drug-likeness (QED) is 0.885. The first-order valence-corrected chi connectivity index (χ1v) is 7.50. The number of hydrogen-bond acceptors (Lipinski definition) is 2. The Bertz CT molecular complexity index is 405. The molecule has 18 heavy (non-hydrogen) atoms. The minimum absolute atomic E-state index is 0.143. The van der Waals surface area contributed by atoms with E-state index in [4.69, 9.17) is 0 Å². The van der Waals surface area contributed by atoms with Gasteiger partial charge in [-0.15, -0.1) is 11.8 Å². The molecule has 1 aromatic carbocycles. The van der Waals surface area contributed by atoms with E-state index in [0.29, 0.717) is 16.7 Å². The first-order chi connectivity index (χ1) is 8.53. The van der Waals surface area contributed by atoms with Crippen LogP contribution in [0.1, 0.15) is 33.1 Å². The molecule has 0 bridgehead atoms. The molecule has 1 saturated carbocycles. The number of hydrogen-bond donors (Lipinski definition) is 1. The van der Waals surface area contributed by atoms with Crippen LogP contribution in [0, 0.1) is 11.2 Å². The molecular formula is C15H22FNS. The maximum atomic E-state index is 13.2. The van der Waals surface area contributed by atoms with Crippen LogP contribution in [-0.2, 0) is 0 Å². The highest BCUT2D eigenvalue weighted by Gasteiger charge is 2.38. The average molecular weight is 267 g/mol. The van der Waals surface area contributed by atoms with Crippen molar-refractivity contribution in [1.29, 1.82) is 0 Å². The van der Waals surface area contributed by atoms with E-state index >= 15 is 0 Å². The van der Waals surface area contributed by atoms with Crippen LogP contribution in [0.25, 0.3) is 0 Å². The fraction of sp³-hybridized carbons (Fsp3) is 0.600. The smallest absolute Gasteiger partial charge is 0.124 e. The third-order valence-corrected chi connectivity index (χ3v) is 5.25. The van der Waals surface area contributed by atoms with Gasteiger partial charge < -0.3 is 5.32 Å². The Hall–Kier alpha value is -0.540. The van der Waals surface area contributed by atoms with E-state index < -0.39 is 0 Å². The highest BCUT2D eigenvalue weighted by molar-refractivity contribution is 8.00. The van der Waals surface area contributed by atoms with Gasteiger partial charge in [0.15, 0.2) is 0 Å². The summed E-state index contributed by atoms with van der Waals surface area (Å²) in [7, 11) is 2.04. The van der Waals surface area contributed by atoms with Crippen molar-refractivity contribution in [3.63, 3.8) is 0 Å². The van der Waals surface area contributed by atoms with Gasteiger partial charge in [0.2, 0.25) is 0 Å². The van der Waals surface area contributed by atoms with Gasteiger partial charge >= 0.3 is 0 Å². The lowest BCUT2D eigenvalue weighted by atomic mass is 9.73. The zero-order valence-corrected chi connectivity index (χ0v) is 12.2. The highest BCUT2D eigenvalue weighted by atomic mass is 32.2. The molecule has 1 fully saturated rings. The maximum absolute atomic E-state index is 13.2. The van der Waals surface area contributed by atoms with Crippen molar-refractivity contribution >= 4 is 11.8 Å². The van der Waals surface area contributed by atoms with Crippen molar-refractivity contribution in [2.24, 2.45) is 5.41 Å². The predicted molar refractivity (Wildman–Crippen MR) is 76.5 cm³/mol. The van der Waals surface area contributed by atoms with Crippen LogP contribution in [0.15, 0.2) is 29.2 Å². The summed E-state index contributed by atoms with van der Waals surface area (Å²) in [6.45, 7) is 4.65. The summed E-state index contributed by atoms with van der Waals surface area (Å²) in [4.78, 5) is 1.04. The molecule has 1 aliphatic rings. The molecule has 2 unspecified atom stereocenters. The molecule has 1 aromatic rings. The number of halogens is 1. The van der Waals surface area contributed by atoms with Crippen LogP contribution >= 0.6 is 11.8 Å². The number of rotatable bonds is 3. The standard InChI is InChI=1S/C15H22FNS/c1-15(2)9-5-8-13(14(15)17-3)18-12-7-4-6-11(16)10-12/h4,6-7,10,13-14,17H,5,8-9H2,1-3H3. The van der Waals surface area contributed by atoms with Crippen molar-refractivity contribution in [3.8, 4) is 0 Å². The van der Waals surface area contributed by atoms with E-state index in [-0.39, 0.29) is 5.82 Å². The van der Waals surface area contributed by atoms with Gasteiger partial charge in [-0.3, -0.25) is 0 Å². The molecule has 0 radical (unpaired) electrons. The van der Waals surface area contributed by atoms with Gasteiger partial charge in [-0.05, 0) is 43.5 Å². The Kier molecular flexibility index (Phi) is 4.33. The van der Waals surface area contributed by atoms with Gasteiger partial charge in [-0.25, -0.2) is 4.39 Å². The van der Waals surface area contributed by atoms with Crippen LogP contribution in [0.4, 0.5) is 4.39 Å². The van der Waals surface area contributed by atoms with E-state index in [2.05, 4.69) is 19.2 Å². The fourth-order valence-electron chi connectivity index (χ4n) is 3.00. The Morgan fingerprint density at radius 2 is 2.17 bits per heavy atom. The second-order valence-corrected chi connectivity index (χ2v) is 7.07. The molecule has 1 aliphatic carbocycles. The van der Waals surface area contributed by atoms with Gasteiger partial charge in [0.05, 0.1) is 0 Å². The predicted octanol–water partition coefficient (Wildman–Crippen LogP) is 4.08. The zero-order chi connectivity index (χ0) is 13.2. The van der Waals surface area contributed by atoms with Crippen LogP contribution in [0.3, 0.4) is 0 Å². The summed E-state index contributed by atoms with van der Waals surface area (Å²) >= 11 is 1.81. The lowest BCUT2D eigenvalue weighted by Gasteiger charge is -2.43. The summed E-state index contributed by atoms with van der Waals surface area (Å²) in [6.07, 6.45) is 3.73. The third-order valence-electron chi connectivity index (χ3n) is 3.92. The zero-order valence-electron chi connectivity index (χ0n) is 11.4. The lowest BCUT2D eigenvalue weighted by Crippen LogP contribution is -2.49. The van der Waals surface area contributed by atoms with Crippen LogP contribution in [0.2, 0.25) is 0 Å². The van der Waals surface area contributed by atoms with E-state index in [1.54, 1.807) is 12.1 Å². The topological polar surface area (TPSA) is 12.0 Å². The Morgan fingerprint density at radius 3 is 2.83 bits per heavy atom. The van der Waals surface area contributed by atoms with Crippen molar-refractivity contribution in [2.45, 2.75) is 49.3 Å². The fourth-order valence-corrected chi connectivity index (χ4v) is 4.62. The third kappa shape index (κ3) is 3.07. The normalized spacial score (nSPS) is 27.1. The molecule has 0 spiro atoms. The highest BCUT2D eigenvalue weighted by Crippen LogP contribution is 2.42. The summed E-state index contributed by atoms with van der Waals surface area (Å²) in [5.74, 6) is -0.143. The van der Waals surface area contributed by atoms with E-state index in [9.17, 15) is 4.39 Å². The second-order valence-electron chi connectivity index (χ2n) is 5.76. The van der Waals surface area contributed by atoms with Crippen molar-refractivity contribution in [2.75, 3.05) is 7.05 Å². The number of benzene rings is 1. The van der Waals surface area contributed by atoms with Gasteiger partial charge in [0.25, 0.3) is 0 Å².